The molecule has 92 valence electrons. The number of carbonyl (C=O) groups is 1. The maximum absolute atomic E-state index is 11.6. The zero-order valence-corrected chi connectivity index (χ0v) is 10.2. The molecule has 0 saturated carbocycles. The molecule has 2 rings (SSSR count). The van der Waals surface area contributed by atoms with E-state index in [0.717, 1.165) is 17.7 Å². The molecule has 1 unspecified atom stereocenters. The zero-order valence-electron chi connectivity index (χ0n) is 10.2. The molecular formula is C13H18N2O2. The Kier molecular flexibility index (Phi) is 3.22. The highest BCUT2D eigenvalue weighted by molar-refractivity contribution is 5.70. The van der Waals surface area contributed by atoms with Crippen molar-refractivity contribution in [1.29, 1.82) is 0 Å². The number of amides is 1. The summed E-state index contributed by atoms with van der Waals surface area (Å²) in [6.45, 7) is 4.46. The number of rotatable bonds is 3. The van der Waals surface area contributed by atoms with Gasteiger partial charge in [0.05, 0.1) is 6.04 Å². The number of nitrogen functional groups attached to an aromatic ring is 1. The van der Waals surface area contributed by atoms with Crippen LogP contribution in [0.15, 0.2) is 24.3 Å². The largest absolute Gasteiger partial charge is 0.447 e. The van der Waals surface area contributed by atoms with Crippen LogP contribution in [0.1, 0.15) is 19.4 Å². The first-order valence-corrected chi connectivity index (χ1v) is 5.87. The van der Waals surface area contributed by atoms with Crippen LogP contribution in [0.2, 0.25) is 0 Å². The van der Waals surface area contributed by atoms with Crippen LogP contribution in [0.25, 0.3) is 0 Å². The van der Waals surface area contributed by atoms with Gasteiger partial charge in [0, 0.05) is 11.7 Å². The molecule has 1 atom stereocenters. The van der Waals surface area contributed by atoms with Crippen LogP contribution in [0.4, 0.5) is 10.5 Å². The van der Waals surface area contributed by atoms with Crippen LogP contribution in [-0.4, -0.2) is 29.7 Å². The van der Waals surface area contributed by atoms with Crippen molar-refractivity contribution in [3.63, 3.8) is 0 Å². The number of nitrogens with zero attached hydrogens (tertiary/aromatic N) is 1. The minimum Gasteiger partial charge on any atom is -0.447 e. The molecule has 17 heavy (non-hydrogen) atoms. The second-order valence-corrected chi connectivity index (χ2v) is 4.68. The topological polar surface area (TPSA) is 55.6 Å². The molecule has 0 spiro atoms. The van der Waals surface area contributed by atoms with Crippen molar-refractivity contribution in [3.8, 4) is 0 Å². The van der Waals surface area contributed by atoms with E-state index in [9.17, 15) is 4.79 Å². The summed E-state index contributed by atoms with van der Waals surface area (Å²) in [5.41, 5.74) is 7.63. The van der Waals surface area contributed by atoms with Gasteiger partial charge in [-0.25, -0.2) is 4.79 Å². The summed E-state index contributed by atoms with van der Waals surface area (Å²) in [5, 5.41) is 0. The molecule has 0 aromatic heterocycles. The predicted molar refractivity (Wildman–Crippen MR) is 66.7 cm³/mol. The van der Waals surface area contributed by atoms with E-state index in [4.69, 9.17) is 10.5 Å². The lowest BCUT2D eigenvalue weighted by Crippen LogP contribution is -2.40. The Labute approximate surface area is 101 Å². The Bertz CT molecular complexity index is 418. The van der Waals surface area contributed by atoms with E-state index in [1.807, 2.05) is 38.1 Å². The number of nitrogens with two attached hydrogens (primary N) is 1. The van der Waals surface area contributed by atoms with Crippen molar-refractivity contribution in [2.45, 2.75) is 32.4 Å². The summed E-state index contributed by atoms with van der Waals surface area (Å²) >= 11 is 0. The highest BCUT2D eigenvalue weighted by Gasteiger charge is 2.34. The number of benzene rings is 1. The van der Waals surface area contributed by atoms with Gasteiger partial charge < -0.3 is 10.5 Å². The van der Waals surface area contributed by atoms with Gasteiger partial charge >= 0.3 is 6.09 Å². The number of carbonyl (C=O) groups excluding carboxylic acids is 1. The van der Waals surface area contributed by atoms with Crippen molar-refractivity contribution in [2.75, 3.05) is 12.3 Å². The van der Waals surface area contributed by atoms with Crippen molar-refractivity contribution in [1.82, 2.24) is 4.90 Å². The Hall–Kier alpha value is -1.71. The highest BCUT2D eigenvalue weighted by Crippen LogP contribution is 2.20. The Morgan fingerprint density at radius 1 is 1.53 bits per heavy atom. The van der Waals surface area contributed by atoms with Gasteiger partial charge in [0.15, 0.2) is 0 Å². The molecular weight excluding hydrogens is 216 g/mol. The van der Waals surface area contributed by atoms with Crippen LogP contribution in [-0.2, 0) is 11.2 Å². The predicted octanol–water partition coefficient (Wildman–Crippen LogP) is 2.04. The van der Waals surface area contributed by atoms with Gasteiger partial charge in [0.1, 0.15) is 6.61 Å². The van der Waals surface area contributed by atoms with Crippen molar-refractivity contribution < 1.29 is 9.53 Å². The van der Waals surface area contributed by atoms with Gasteiger partial charge in [0.25, 0.3) is 0 Å². The normalized spacial score (nSPS) is 19.8. The maximum Gasteiger partial charge on any atom is 0.410 e. The van der Waals surface area contributed by atoms with E-state index >= 15 is 0 Å². The number of ether oxygens (including phenoxy) is 1. The Morgan fingerprint density at radius 3 is 2.94 bits per heavy atom. The average Bonchev–Trinajstić information content (AvgIpc) is 2.59. The minimum absolute atomic E-state index is 0.115. The summed E-state index contributed by atoms with van der Waals surface area (Å²) < 4.78 is 5.10. The van der Waals surface area contributed by atoms with E-state index < -0.39 is 0 Å². The molecule has 0 aliphatic carbocycles. The van der Waals surface area contributed by atoms with Crippen molar-refractivity contribution in [3.05, 3.63) is 29.8 Å². The Morgan fingerprint density at radius 2 is 2.29 bits per heavy atom. The molecule has 1 fully saturated rings. The molecule has 0 radical (unpaired) electrons. The third-order valence-corrected chi connectivity index (χ3v) is 2.98. The maximum atomic E-state index is 11.6. The summed E-state index contributed by atoms with van der Waals surface area (Å²) in [6.07, 6.45) is 0.573. The van der Waals surface area contributed by atoms with Crippen molar-refractivity contribution in [2.24, 2.45) is 0 Å². The van der Waals surface area contributed by atoms with Gasteiger partial charge in [-0.15, -0.1) is 0 Å². The van der Waals surface area contributed by atoms with E-state index in [2.05, 4.69) is 0 Å². The van der Waals surface area contributed by atoms with Crippen LogP contribution in [0.3, 0.4) is 0 Å². The van der Waals surface area contributed by atoms with E-state index in [1.165, 1.54) is 0 Å². The summed E-state index contributed by atoms with van der Waals surface area (Å²) in [4.78, 5) is 13.4. The molecule has 2 N–H and O–H groups in total. The molecule has 1 aliphatic heterocycles. The summed E-state index contributed by atoms with van der Waals surface area (Å²) in [6, 6.07) is 8.04. The average molecular weight is 234 g/mol. The van der Waals surface area contributed by atoms with E-state index in [1.54, 1.807) is 4.90 Å². The lowest BCUT2D eigenvalue weighted by atomic mass is 10.0. The highest BCUT2D eigenvalue weighted by atomic mass is 16.6. The van der Waals surface area contributed by atoms with Gasteiger partial charge in [-0.1, -0.05) is 12.1 Å². The third kappa shape index (κ3) is 2.52. The van der Waals surface area contributed by atoms with E-state index in [0.29, 0.717) is 6.61 Å². The molecule has 1 aromatic carbocycles. The van der Waals surface area contributed by atoms with Gasteiger partial charge in [-0.3, -0.25) is 4.90 Å². The first-order chi connectivity index (χ1) is 8.08. The first kappa shape index (κ1) is 11.8. The van der Waals surface area contributed by atoms with E-state index in [-0.39, 0.29) is 18.2 Å². The van der Waals surface area contributed by atoms with Crippen molar-refractivity contribution >= 4 is 11.8 Å². The monoisotopic (exact) mass is 234 g/mol. The summed E-state index contributed by atoms with van der Waals surface area (Å²) in [7, 11) is 0. The number of hydrogen-bond acceptors (Lipinski definition) is 3. The fourth-order valence-corrected chi connectivity index (χ4v) is 2.25. The molecule has 1 amide bonds. The Balaban J connectivity index is 2.11. The lowest BCUT2D eigenvalue weighted by molar-refractivity contribution is 0.149. The van der Waals surface area contributed by atoms with Gasteiger partial charge in [-0.05, 0) is 38.0 Å². The van der Waals surface area contributed by atoms with Gasteiger partial charge in [-0.2, -0.15) is 0 Å². The number of cyclic esters (lactones) is 1. The third-order valence-electron chi connectivity index (χ3n) is 2.98. The molecule has 4 heteroatoms. The fourth-order valence-electron chi connectivity index (χ4n) is 2.25. The fraction of sp³-hybridized carbons (Fsp3) is 0.462. The number of anilines is 1. The molecule has 0 bridgehead atoms. The summed E-state index contributed by atoms with van der Waals surface area (Å²) in [5.74, 6) is 0. The van der Waals surface area contributed by atoms with Crippen LogP contribution in [0.5, 0.6) is 0 Å². The zero-order chi connectivity index (χ0) is 12.4. The second-order valence-electron chi connectivity index (χ2n) is 4.68. The van der Waals surface area contributed by atoms with Gasteiger partial charge in [0.2, 0.25) is 0 Å². The second kappa shape index (κ2) is 4.65. The molecule has 1 aliphatic rings. The minimum atomic E-state index is -0.214. The molecule has 1 heterocycles. The first-order valence-electron chi connectivity index (χ1n) is 5.87. The lowest BCUT2D eigenvalue weighted by Gasteiger charge is -2.25. The SMILES string of the molecule is CC(C)N1C(=O)OCC1Cc1cccc(N)c1. The van der Waals surface area contributed by atoms with Crippen LogP contribution in [0, 0.1) is 0 Å². The standard InChI is InChI=1S/C13H18N2O2/c1-9(2)15-12(8-17-13(15)16)7-10-4-3-5-11(14)6-10/h3-6,9,12H,7-8,14H2,1-2H3. The molecule has 1 saturated heterocycles. The molecule has 4 nitrogen and oxygen atoms in total. The molecule has 1 aromatic rings. The smallest absolute Gasteiger partial charge is 0.410 e. The van der Waals surface area contributed by atoms with Crippen LogP contribution < -0.4 is 5.73 Å². The van der Waals surface area contributed by atoms with Crippen LogP contribution >= 0.6 is 0 Å². The number of hydrogen-bond donors (Lipinski definition) is 1. The quantitative estimate of drug-likeness (QED) is 0.814.